The number of para-hydroxylation sites is 3. The number of benzene rings is 2. The van der Waals surface area contributed by atoms with Crippen LogP contribution in [0.25, 0.3) is 11.0 Å². The molecule has 1 atom stereocenters. The van der Waals surface area contributed by atoms with Crippen LogP contribution in [0.2, 0.25) is 0 Å². The van der Waals surface area contributed by atoms with E-state index in [1.54, 1.807) is 25.1 Å². The number of rotatable bonds is 5. The number of carbonyl (C=O) groups is 1. The van der Waals surface area contributed by atoms with Gasteiger partial charge in [0, 0.05) is 6.54 Å². The molecule has 24 heavy (non-hydrogen) atoms. The predicted octanol–water partition coefficient (Wildman–Crippen LogP) is 4.31. The van der Waals surface area contributed by atoms with Crippen LogP contribution >= 0.6 is 11.8 Å². The summed E-state index contributed by atoms with van der Waals surface area (Å²) in [5.41, 5.74) is 2.15. The molecule has 0 aliphatic carbocycles. The fourth-order valence-corrected chi connectivity index (χ4v) is 3.45. The number of nitrogens with zero attached hydrogens (tertiary/aromatic N) is 2. The Morgan fingerprint density at radius 1 is 1.25 bits per heavy atom. The van der Waals surface area contributed by atoms with Crippen LogP contribution in [0.4, 0.5) is 10.1 Å². The van der Waals surface area contributed by atoms with Gasteiger partial charge in [0.15, 0.2) is 5.16 Å². The van der Waals surface area contributed by atoms with E-state index in [0.29, 0.717) is 0 Å². The van der Waals surface area contributed by atoms with Gasteiger partial charge in [-0.25, -0.2) is 9.37 Å². The lowest BCUT2D eigenvalue weighted by Gasteiger charge is -2.13. The van der Waals surface area contributed by atoms with Crippen molar-refractivity contribution in [2.75, 3.05) is 5.32 Å². The van der Waals surface area contributed by atoms with Gasteiger partial charge >= 0.3 is 0 Å². The van der Waals surface area contributed by atoms with Gasteiger partial charge in [-0.05, 0) is 38.1 Å². The molecule has 6 heteroatoms. The van der Waals surface area contributed by atoms with Gasteiger partial charge in [-0.2, -0.15) is 0 Å². The Balaban J connectivity index is 1.78. The Hall–Kier alpha value is -2.34. The number of aryl methyl sites for hydroxylation is 1. The van der Waals surface area contributed by atoms with Crippen molar-refractivity contribution < 1.29 is 9.18 Å². The second kappa shape index (κ2) is 7.05. The van der Waals surface area contributed by atoms with Crippen molar-refractivity contribution in [2.24, 2.45) is 0 Å². The van der Waals surface area contributed by atoms with E-state index in [2.05, 4.69) is 14.9 Å². The van der Waals surface area contributed by atoms with Crippen molar-refractivity contribution in [3.8, 4) is 0 Å². The average molecular weight is 343 g/mol. The van der Waals surface area contributed by atoms with E-state index in [1.165, 1.54) is 17.8 Å². The molecule has 124 valence electrons. The number of hydrogen-bond acceptors (Lipinski definition) is 3. The maximum Gasteiger partial charge on any atom is 0.237 e. The molecule has 1 heterocycles. The lowest BCUT2D eigenvalue weighted by molar-refractivity contribution is -0.115. The molecule has 0 spiro atoms. The van der Waals surface area contributed by atoms with Crippen molar-refractivity contribution in [3.63, 3.8) is 0 Å². The molecule has 2 aromatic carbocycles. The second-order valence-corrected chi connectivity index (χ2v) is 6.66. The minimum absolute atomic E-state index is 0.193. The lowest BCUT2D eigenvalue weighted by Crippen LogP contribution is -2.23. The summed E-state index contributed by atoms with van der Waals surface area (Å²) in [7, 11) is 0. The maximum atomic E-state index is 13.7. The van der Waals surface area contributed by atoms with Crippen molar-refractivity contribution in [1.82, 2.24) is 9.55 Å². The molecule has 3 aromatic rings. The molecule has 0 bridgehead atoms. The van der Waals surface area contributed by atoms with E-state index in [-0.39, 0.29) is 11.6 Å². The molecule has 3 rings (SSSR count). The summed E-state index contributed by atoms with van der Waals surface area (Å²) in [6.07, 6.45) is 0. The molecular formula is C18H18FN3OS. The molecule has 0 fully saturated rings. The molecule has 0 unspecified atom stereocenters. The number of nitrogens with one attached hydrogen (secondary N) is 1. The number of fused-ring (bicyclic) bond motifs is 1. The van der Waals surface area contributed by atoms with E-state index in [1.807, 2.05) is 31.2 Å². The number of amides is 1. The van der Waals surface area contributed by atoms with Gasteiger partial charge in [0.25, 0.3) is 0 Å². The molecule has 0 saturated heterocycles. The fourth-order valence-electron chi connectivity index (χ4n) is 2.46. The lowest BCUT2D eigenvalue weighted by atomic mass is 10.3. The van der Waals surface area contributed by atoms with E-state index in [4.69, 9.17) is 0 Å². The Bertz CT molecular complexity index is 878. The van der Waals surface area contributed by atoms with Crippen LogP contribution in [0.15, 0.2) is 53.7 Å². The Morgan fingerprint density at radius 2 is 1.96 bits per heavy atom. The van der Waals surface area contributed by atoms with Crippen molar-refractivity contribution in [1.29, 1.82) is 0 Å². The van der Waals surface area contributed by atoms with Crippen LogP contribution in [-0.4, -0.2) is 20.7 Å². The van der Waals surface area contributed by atoms with Crippen LogP contribution in [0.3, 0.4) is 0 Å². The van der Waals surface area contributed by atoms with Crippen LogP contribution < -0.4 is 5.32 Å². The SMILES string of the molecule is CCn1c(S[C@@H](C)C(=O)Nc2ccccc2F)nc2ccccc21. The predicted molar refractivity (Wildman–Crippen MR) is 95.8 cm³/mol. The fraction of sp³-hybridized carbons (Fsp3) is 0.222. The third-order valence-corrected chi connectivity index (χ3v) is 4.81. The third kappa shape index (κ3) is 3.28. The Labute approximate surface area is 144 Å². The highest BCUT2D eigenvalue weighted by Gasteiger charge is 2.19. The first kappa shape index (κ1) is 16.5. The summed E-state index contributed by atoms with van der Waals surface area (Å²) in [6, 6.07) is 14.0. The highest BCUT2D eigenvalue weighted by Crippen LogP contribution is 2.28. The number of carbonyl (C=O) groups excluding carboxylic acids is 1. The highest BCUT2D eigenvalue weighted by molar-refractivity contribution is 8.00. The van der Waals surface area contributed by atoms with Crippen LogP contribution in [0.1, 0.15) is 13.8 Å². The van der Waals surface area contributed by atoms with Gasteiger partial charge in [-0.1, -0.05) is 36.0 Å². The number of thioether (sulfide) groups is 1. The van der Waals surface area contributed by atoms with E-state index in [9.17, 15) is 9.18 Å². The van der Waals surface area contributed by atoms with Crippen LogP contribution in [-0.2, 0) is 11.3 Å². The highest BCUT2D eigenvalue weighted by atomic mass is 32.2. The van der Waals surface area contributed by atoms with Crippen molar-refractivity contribution in [3.05, 3.63) is 54.3 Å². The molecule has 0 saturated carbocycles. The minimum atomic E-state index is -0.441. The maximum absolute atomic E-state index is 13.7. The number of halogens is 1. The Kier molecular flexibility index (Phi) is 4.85. The number of aromatic nitrogens is 2. The van der Waals surface area contributed by atoms with Gasteiger partial charge < -0.3 is 9.88 Å². The minimum Gasteiger partial charge on any atom is -0.323 e. The first-order valence-corrected chi connectivity index (χ1v) is 8.65. The molecular weight excluding hydrogens is 325 g/mol. The topological polar surface area (TPSA) is 46.9 Å². The number of imidazole rings is 1. The normalized spacial score (nSPS) is 12.3. The Morgan fingerprint density at radius 3 is 2.71 bits per heavy atom. The van der Waals surface area contributed by atoms with Crippen molar-refractivity contribution >= 4 is 34.4 Å². The zero-order chi connectivity index (χ0) is 17.1. The summed E-state index contributed by atoms with van der Waals surface area (Å²) in [6.45, 7) is 4.60. The summed E-state index contributed by atoms with van der Waals surface area (Å²) in [5, 5.41) is 3.02. The van der Waals surface area contributed by atoms with Crippen LogP contribution in [0, 0.1) is 5.82 Å². The molecule has 1 amide bonds. The summed E-state index contributed by atoms with van der Waals surface area (Å²) in [5.74, 6) is -0.691. The molecule has 0 aliphatic heterocycles. The molecule has 1 aromatic heterocycles. The first-order valence-electron chi connectivity index (χ1n) is 7.77. The zero-order valence-electron chi connectivity index (χ0n) is 13.5. The first-order chi connectivity index (χ1) is 11.6. The molecule has 4 nitrogen and oxygen atoms in total. The average Bonchev–Trinajstić information content (AvgIpc) is 2.93. The van der Waals surface area contributed by atoms with E-state index in [0.717, 1.165) is 22.7 Å². The van der Waals surface area contributed by atoms with Gasteiger partial charge in [0.2, 0.25) is 5.91 Å². The second-order valence-electron chi connectivity index (χ2n) is 5.36. The molecule has 0 aliphatic rings. The van der Waals surface area contributed by atoms with Gasteiger partial charge in [0.05, 0.1) is 22.0 Å². The summed E-state index contributed by atoms with van der Waals surface area (Å²) in [4.78, 5) is 17.0. The summed E-state index contributed by atoms with van der Waals surface area (Å²) >= 11 is 1.37. The summed E-state index contributed by atoms with van der Waals surface area (Å²) < 4.78 is 15.7. The van der Waals surface area contributed by atoms with Gasteiger partial charge in [-0.15, -0.1) is 0 Å². The number of anilines is 1. The van der Waals surface area contributed by atoms with Crippen LogP contribution in [0.5, 0.6) is 0 Å². The van der Waals surface area contributed by atoms with Gasteiger partial charge in [0.1, 0.15) is 5.82 Å². The zero-order valence-corrected chi connectivity index (χ0v) is 14.3. The largest absolute Gasteiger partial charge is 0.323 e. The standard InChI is InChI=1S/C18H18FN3OS/c1-3-22-16-11-7-6-10-15(16)21-18(22)24-12(2)17(23)20-14-9-5-4-8-13(14)19/h4-12H,3H2,1-2H3,(H,20,23)/t12-/m0/s1. The number of hydrogen-bond donors (Lipinski definition) is 1. The third-order valence-electron chi connectivity index (χ3n) is 3.72. The molecule has 1 N–H and O–H groups in total. The molecule has 0 radical (unpaired) electrons. The monoisotopic (exact) mass is 343 g/mol. The van der Waals surface area contributed by atoms with Crippen molar-refractivity contribution in [2.45, 2.75) is 30.8 Å². The van der Waals surface area contributed by atoms with Gasteiger partial charge in [-0.3, -0.25) is 4.79 Å². The van der Waals surface area contributed by atoms with E-state index >= 15 is 0 Å². The quantitative estimate of drug-likeness (QED) is 0.702. The van der Waals surface area contributed by atoms with E-state index < -0.39 is 11.1 Å². The smallest absolute Gasteiger partial charge is 0.237 e.